The van der Waals surface area contributed by atoms with E-state index in [4.69, 9.17) is 0 Å². The molecule has 0 atom stereocenters. The molecule has 1 aliphatic rings. The predicted molar refractivity (Wildman–Crippen MR) is 65.0 cm³/mol. The maximum absolute atomic E-state index is 12.6. The number of nitrogens with one attached hydrogen (secondary N) is 1. The summed E-state index contributed by atoms with van der Waals surface area (Å²) in [5.41, 5.74) is -1.83. The van der Waals surface area contributed by atoms with Crippen LogP contribution in [-0.4, -0.2) is 17.6 Å². The molecule has 7 heteroatoms. The molecule has 4 nitrogen and oxygen atoms in total. The number of alkyl halides is 3. The second-order valence-electron chi connectivity index (χ2n) is 5.41. The zero-order chi connectivity index (χ0) is 14.8. The highest BCUT2D eigenvalue weighted by Crippen LogP contribution is 2.31. The van der Waals surface area contributed by atoms with Gasteiger partial charge in [0.05, 0.1) is 0 Å². The van der Waals surface area contributed by atoms with Gasteiger partial charge >= 0.3 is 6.18 Å². The Morgan fingerprint density at radius 1 is 1.40 bits per heavy atom. The first-order valence-electron chi connectivity index (χ1n) is 6.67. The predicted octanol–water partition coefficient (Wildman–Crippen LogP) is 3.25. The summed E-state index contributed by atoms with van der Waals surface area (Å²) >= 11 is 0. The fourth-order valence-corrected chi connectivity index (χ4v) is 2.47. The SMILES string of the molecule is CC1CCC(CNC(=O)c2conc2C(F)(F)F)CC1. The van der Waals surface area contributed by atoms with E-state index in [-0.39, 0.29) is 0 Å². The number of amides is 1. The van der Waals surface area contributed by atoms with Crippen molar-refractivity contribution in [2.24, 2.45) is 11.8 Å². The number of aromatic nitrogens is 1. The van der Waals surface area contributed by atoms with Gasteiger partial charge in [-0.05, 0) is 24.7 Å². The lowest BCUT2D eigenvalue weighted by Crippen LogP contribution is -2.32. The minimum Gasteiger partial charge on any atom is -0.363 e. The van der Waals surface area contributed by atoms with Gasteiger partial charge in [0.2, 0.25) is 0 Å². The normalized spacial score (nSPS) is 23.6. The van der Waals surface area contributed by atoms with Crippen molar-refractivity contribution in [3.8, 4) is 0 Å². The Morgan fingerprint density at radius 2 is 2.05 bits per heavy atom. The van der Waals surface area contributed by atoms with Gasteiger partial charge in [0, 0.05) is 6.54 Å². The van der Waals surface area contributed by atoms with Crippen LogP contribution in [0, 0.1) is 11.8 Å². The Balaban J connectivity index is 1.91. The van der Waals surface area contributed by atoms with Gasteiger partial charge in [-0.3, -0.25) is 4.79 Å². The standard InChI is InChI=1S/C13H17F3N2O2/c1-8-2-4-9(5-3-8)6-17-12(19)10-7-20-18-11(10)13(14,15)16/h7-9H,2-6H2,1H3,(H,17,19). The van der Waals surface area contributed by atoms with Gasteiger partial charge in [0.1, 0.15) is 11.8 Å². The van der Waals surface area contributed by atoms with Crippen LogP contribution in [0.1, 0.15) is 48.7 Å². The highest BCUT2D eigenvalue weighted by molar-refractivity contribution is 5.95. The molecular weight excluding hydrogens is 273 g/mol. The van der Waals surface area contributed by atoms with Gasteiger partial charge in [0.15, 0.2) is 5.69 Å². The average molecular weight is 290 g/mol. The molecular formula is C13H17F3N2O2. The summed E-state index contributed by atoms with van der Waals surface area (Å²) in [6, 6.07) is 0. The van der Waals surface area contributed by atoms with E-state index >= 15 is 0 Å². The number of halogens is 3. The van der Waals surface area contributed by atoms with Gasteiger partial charge in [-0.2, -0.15) is 13.2 Å². The van der Waals surface area contributed by atoms with Crippen LogP contribution in [0.3, 0.4) is 0 Å². The molecule has 1 aromatic rings. The summed E-state index contributed by atoms with van der Waals surface area (Å²) in [5.74, 6) is 0.249. The molecule has 1 heterocycles. The first kappa shape index (κ1) is 14.9. The molecule has 1 saturated carbocycles. The average Bonchev–Trinajstić information content (AvgIpc) is 2.87. The molecule has 20 heavy (non-hydrogen) atoms. The summed E-state index contributed by atoms with van der Waals surface area (Å²) in [7, 11) is 0. The number of carbonyl (C=O) groups is 1. The zero-order valence-electron chi connectivity index (χ0n) is 11.2. The zero-order valence-corrected chi connectivity index (χ0v) is 11.2. The molecule has 0 unspecified atom stereocenters. The third kappa shape index (κ3) is 3.52. The summed E-state index contributed by atoms with van der Waals surface area (Å²) in [5, 5.41) is 5.40. The minimum atomic E-state index is -4.68. The van der Waals surface area contributed by atoms with Crippen LogP contribution >= 0.6 is 0 Å². The number of carbonyl (C=O) groups excluding carboxylic acids is 1. The largest absolute Gasteiger partial charge is 0.437 e. The van der Waals surface area contributed by atoms with Crippen LogP contribution in [0.4, 0.5) is 13.2 Å². The van der Waals surface area contributed by atoms with Crippen LogP contribution in [0.5, 0.6) is 0 Å². The van der Waals surface area contributed by atoms with Crippen LogP contribution in [-0.2, 0) is 6.18 Å². The smallest absolute Gasteiger partial charge is 0.363 e. The van der Waals surface area contributed by atoms with Crippen molar-refractivity contribution in [3.05, 3.63) is 17.5 Å². The van der Waals surface area contributed by atoms with Crippen LogP contribution < -0.4 is 5.32 Å². The molecule has 1 N–H and O–H groups in total. The fourth-order valence-electron chi connectivity index (χ4n) is 2.47. The first-order valence-corrected chi connectivity index (χ1v) is 6.67. The van der Waals surface area contributed by atoms with E-state index in [2.05, 4.69) is 21.9 Å². The molecule has 2 rings (SSSR count). The van der Waals surface area contributed by atoms with Gasteiger partial charge in [-0.1, -0.05) is 24.9 Å². The van der Waals surface area contributed by atoms with Crippen molar-refractivity contribution in [2.45, 2.75) is 38.8 Å². The number of hydrogen-bond acceptors (Lipinski definition) is 3. The van der Waals surface area contributed by atoms with E-state index in [0.717, 1.165) is 31.9 Å². The van der Waals surface area contributed by atoms with Crippen molar-refractivity contribution >= 4 is 5.91 Å². The van der Waals surface area contributed by atoms with Crippen molar-refractivity contribution in [1.82, 2.24) is 10.5 Å². The van der Waals surface area contributed by atoms with E-state index in [1.807, 2.05) is 0 Å². The number of nitrogens with zero attached hydrogens (tertiary/aromatic N) is 1. The summed E-state index contributed by atoms with van der Waals surface area (Å²) < 4.78 is 42.0. The molecule has 0 aliphatic heterocycles. The molecule has 1 aliphatic carbocycles. The lowest BCUT2D eigenvalue weighted by molar-refractivity contribution is -0.143. The highest BCUT2D eigenvalue weighted by Gasteiger charge is 2.39. The molecule has 0 spiro atoms. The molecule has 0 bridgehead atoms. The van der Waals surface area contributed by atoms with Crippen molar-refractivity contribution in [1.29, 1.82) is 0 Å². The summed E-state index contributed by atoms with van der Waals surface area (Å²) in [6.45, 7) is 2.58. The molecule has 1 aromatic heterocycles. The Hall–Kier alpha value is -1.53. The number of hydrogen-bond donors (Lipinski definition) is 1. The fraction of sp³-hybridized carbons (Fsp3) is 0.692. The van der Waals surface area contributed by atoms with E-state index < -0.39 is 23.3 Å². The van der Waals surface area contributed by atoms with Gasteiger partial charge in [0.25, 0.3) is 5.91 Å². The molecule has 0 radical (unpaired) electrons. The second kappa shape index (κ2) is 5.85. The monoisotopic (exact) mass is 290 g/mol. The van der Waals surface area contributed by atoms with Crippen molar-refractivity contribution in [2.75, 3.05) is 6.54 Å². The van der Waals surface area contributed by atoms with Gasteiger partial charge in [-0.25, -0.2) is 0 Å². The third-order valence-electron chi connectivity index (χ3n) is 3.77. The minimum absolute atomic E-state index is 0.337. The first-order chi connectivity index (χ1) is 9.38. The van der Waals surface area contributed by atoms with Crippen LogP contribution in [0.2, 0.25) is 0 Å². The Morgan fingerprint density at radius 3 is 2.65 bits per heavy atom. The number of rotatable bonds is 3. The van der Waals surface area contributed by atoms with Crippen molar-refractivity contribution in [3.63, 3.8) is 0 Å². The molecule has 112 valence electrons. The van der Waals surface area contributed by atoms with Crippen LogP contribution in [0.25, 0.3) is 0 Å². The summed E-state index contributed by atoms with van der Waals surface area (Å²) in [6.07, 6.45) is 0.249. The summed E-state index contributed by atoms with van der Waals surface area (Å²) in [4.78, 5) is 11.8. The van der Waals surface area contributed by atoms with E-state index in [1.54, 1.807) is 0 Å². The van der Waals surface area contributed by atoms with Gasteiger partial charge in [-0.15, -0.1) is 0 Å². The Labute approximate surface area is 114 Å². The maximum Gasteiger partial charge on any atom is 0.437 e. The highest BCUT2D eigenvalue weighted by atomic mass is 19.4. The van der Waals surface area contributed by atoms with E-state index in [0.29, 0.717) is 18.4 Å². The van der Waals surface area contributed by atoms with E-state index in [1.165, 1.54) is 0 Å². The Kier molecular flexibility index (Phi) is 4.35. The third-order valence-corrected chi connectivity index (χ3v) is 3.77. The van der Waals surface area contributed by atoms with Gasteiger partial charge < -0.3 is 9.84 Å². The maximum atomic E-state index is 12.6. The van der Waals surface area contributed by atoms with E-state index in [9.17, 15) is 18.0 Å². The molecule has 0 aromatic carbocycles. The molecule has 1 amide bonds. The second-order valence-corrected chi connectivity index (χ2v) is 5.41. The molecule has 0 saturated heterocycles. The Bertz CT molecular complexity index is 462. The lowest BCUT2D eigenvalue weighted by atomic mass is 9.83. The van der Waals surface area contributed by atoms with Crippen LogP contribution in [0.15, 0.2) is 10.8 Å². The topological polar surface area (TPSA) is 55.1 Å². The quantitative estimate of drug-likeness (QED) is 0.929. The lowest BCUT2D eigenvalue weighted by Gasteiger charge is -2.26. The van der Waals surface area contributed by atoms with Crippen molar-refractivity contribution < 1.29 is 22.5 Å². The molecule has 1 fully saturated rings.